The lowest BCUT2D eigenvalue weighted by atomic mass is 10.1. The van der Waals surface area contributed by atoms with E-state index < -0.39 is 4.92 Å². The molecule has 0 saturated heterocycles. The SMILES string of the molecule is CSc1ccccc1NC(=O)c1ccc(-c2cccc([N+](=O)[O-])c2)o1. The van der Waals surface area contributed by atoms with Crippen molar-refractivity contribution in [2.45, 2.75) is 4.90 Å². The average molecular weight is 354 g/mol. The maximum atomic E-state index is 12.4. The van der Waals surface area contributed by atoms with Crippen LogP contribution in [0.15, 0.2) is 70.0 Å². The van der Waals surface area contributed by atoms with Crippen LogP contribution in [0.4, 0.5) is 11.4 Å². The van der Waals surface area contributed by atoms with Gasteiger partial charge in [0, 0.05) is 22.6 Å². The summed E-state index contributed by atoms with van der Waals surface area (Å²) in [5, 5.41) is 13.7. The van der Waals surface area contributed by atoms with Gasteiger partial charge in [-0.2, -0.15) is 0 Å². The number of non-ortho nitro benzene ring substituents is 1. The Labute approximate surface area is 148 Å². The van der Waals surface area contributed by atoms with Crippen LogP contribution in [0.2, 0.25) is 0 Å². The topological polar surface area (TPSA) is 85.4 Å². The predicted octanol–water partition coefficient (Wildman–Crippen LogP) is 4.83. The Hall–Kier alpha value is -3.06. The van der Waals surface area contributed by atoms with Crippen molar-refractivity contribution >= 4 is 29.0 Å². The molecule has 0 unspecified atom stereocenters. The monoisotopic (exact) mass is 354 g/mol. The van der Waals surface area contributed by atoms with E-state index in [9.17, 15) is 14.9 Å². The standard InChI is InChI=1S/C18H14N2O4S/c1-25-17-8-3-2-7-14(17)19-18(21)16-10-9-15(24-16)12-5-4-6-13(11-12)20(22)23/h2-11H,1H3,(H,19,21). The first-order chi connectivity index (χ1) is 12.1. The third-order valence-electron chi connectivity index (χ3n) is 3.53. The Morgan fingerprint density at radius 1 is 1.12 bits per heavy atom. The highest BCUT2D eigenvalue weighted by Gasteiger charge is 2.15. The molecule has 126 valence electrons. The zero-order valence-electron chi connectivity index (χ0n) is 13.3. The van der Waals surface area contributed by atoms with E-state index in [4.69, 9.17) is 4.42 Å². The first-order valence-corrected chi connectivity index (χ1v) is 8.60. The van der Waals surface area contributed by atoms with E-state index in [0.717, 1.165) is 4.90 Å². The summed E-state index contributed by atoms with van der Waals surface area (Å²) in [4.78, 5) is 23.7. The van der Waals surface area contributed by atoms with Gasteiger partial charge in [-0.1, -0.05) is 24.3 Å². The number of hydrogen-bond donors (Lipinski definition) is 1. The van der Waals surface area contributed by atoms with Crippen molar-refractivity contribution in [2.24, 2.45) is 0 Å². The number of furan rings is 1. The summed E-state index contributed by atoms with van der Waals surface area (Å²) in [5.74, 6) is 0.155. The summed E-state index contributed by atoms with van der Waals surface area (Å²) >= 11 is 1.53. The molecule has 0 fully saturated rings. The number of nitrogens with zero attached hydrogens (tertiary/aromatic N) is 1. The van der Waals surface area contributed by atoms with Gasteiger partial charge in [-0.3, -0.25) is 14.9 Å². The molecule has 0 radical (unpaired) electrons. The van der Waals surface area contributed by atoms with Gasteiger partial charge >= 0.3 is 0 Å². The first-order valence-electron chi connectivity index (χ1n) is 7.37. The number of amides is 1. The molecule has 0 aliphatic rings. The van der Waals surface area contributed by atoms with Crippen LogP contribution in [-0.4, -0.2) is 17.1 Å². The highest BCUT2D eigenvalue weighted by atomic mass is 32.2. The van der Waals surface area contributed by atoms with Crippen molar-refractivity contribution in [3.8, 4) is 11.3 Å². The van der Waals surface area contributed by atoms with Crippen molar-refractivity contribution in [3.05, 3.63) is 76.5 Å². The fourth-order valence-electron chi connectivity index (χ4n) is 2.32. The summed E-state index contributed by atoms with van der Waals surface area (Å²) in [6, 6.07) is 16.7. The van der Waals surface area contributed by atoms with E-state index in [1.807, 2.05) is 30.5 Å². The lowest BCUT2D eigenvalue weighted by Crippen LogP contribution is -2.11. The number of carbonyl (C=O) groups is 1. The van der Waals surface area contributed by atoms with Gasteiger partial charge < -0.3 is 9.73 Å². The van der Waals surface area contributed by atoms with Crippen LogP contribution < -0.4 is 5.32 Å². The van der Waals surface area contributed by atoms with E-state index in [1.54, 1.807) is 24.3 Å². The van der Waals surface area contributed by atoms with Crippen LogP contribution >= 0.6 is 11.8 Å². The minimum atomic E-state index is -0.473. The third-order valence-corrected chi connectivity index (χ3v) is 4.32. The highest BCUT2D eigenvalue weighted by molar-refractivity contribution is 7.98. The maximum Gasteiger partial charge on any atom is 0.291 e. The smallest absolute Gasteiger partial charge is 0.291 e. The van der Waals surface area contributed by atoms with Gasteiger partial charge in [0.2, 0.25) is 0 Å². The maximum absolute atomic E-state index is 12.4. The molecule has 0 atom stereocenters. The van der Waals surface area contributed by atoms with Crippen molar-refractivity contribution in [1.82, 2.24) is 0 Å². The summed E-state index contributed by atoms with van der Waals surface area (Å²) < 4.78 is 5.57. The fourth-order valence-corrected chi connectivity index (χ4v) is 2.87. The third kappa shape index (κ3) is 3.72. The lowest BCUT2D eigenvalue weighted by Gasteiger charge is -2.07. The Bertz CT molecular complexity index is 936. The number of nitro groups is 1. The van der Waals surface area contributed by atoms with E-state index >= 15 is 0 Å². The minimum absolute atomic E-state index is 0.0335. The van der Waals surface area contributed by atoms with Crippen molar-refractivity contribution in [1.29, 1.82) is 0 Å². The normalized spacial score (nSPS) is 10.4. The second kappa shape index (κ2) is 7.23. The second-order valence-corrected chi connectivity index (χ2v) is 5.97. The molecule has 1 heterocycles. The Balaban J connectivity index is 1.82. The number of rotatable bonds is 5. The summed E-state index contributed by atoms with van der Waals surface area (Å²) in [6.07, 6.45) is 1.93. The van der Waals surface area contributed by atoms with E-state index in [1.165, 1.54) is 23.9 Å². The molecule has 7 heteroatoms. The first kappa shape index (κ1) is 16.8. The Kier molecular flexibility index (Phi) is 4.85. The molecule has 3 aromatic rings. The number of para-hydroxylation sites is 1. The van der Waals surface area contributed by atoms with E-state index in [2.05, 4.69) is 5.32 Å². The number of carbonyl (C=O) groups excluding carboxylic acids is 1. The van der Waals surface area contributed by atoms with Crippen molar-refractivity contribution in [2.75, 3.05) is 11.6 Å². The predicted molar refractivity (Wildman–Crippen MR) is 97.0 cm³/mol. The van der Waals surface area contributed by atoms with Gasteiger partial charge in [0.15, 0.2) is 5.76 Å². The van der Waals surface area contributed by atoms with Crippen LogP contribution in [0.3, 0.4) is 0 Å². The molecule has 0 bridgehead atoms. The van der Waals surface area contributed by atoms with Gasteiger partial charge in [-0.05, 0) is 30.5 Å². The Morgan fingerprint density at radius 3 is 2.68 bits per heavy atom. The molecule has 0 aliphatic heterocycles. The largest absolute Gasteiger partial charge is 0.451 e. The Morgan fingerprint density at radius 2 is 1.92 bits per heavy atom. The van der Waals surface area contributed by atoms with Crippen LogP contribution in [-0.2, 0) is 0 Å². The molecular formula is C18H14N2O4S. The summed E-state index contributed by atoms with van der Waals surface area (Å²) in [7, 11) is 0. The van der Waals surface area contributed by atoms with Crippen molar-refractivity contribution in [3.63, 3.8) is 0 Å². The number of hydrogen-bond acceptors (Lipinski definition) is 5. The second-order valence-electron chi connectivity index (χ2n) is 5.13. The van der Waals surface area contributed by atoms with E-state index in [-0.39, 0.29) is 17.4 Å². The van der Waals surface area contributed by atoms with Crippen molar-refractivity contribution < 1.29 is 14.1 Å². The quantitative estimate of drug-likeness (QED) is 0.403. The van der Waals surface area contributed by atoms with Gasteiger partial charge in [-0.15, -0.1) is 11.8 Å². The number of benzene rings is 2. The summed E-state index contributed by atoms with van der Waals surface area (Å²) in [6.45, 7) is 0. The zero-order chi connectivity index (χ0) is 17.8. The molecule has 25 heavy (non-hydrogen) atoms. The van der Waals surface area contributed by atoms with Gasteiger partial charge in [-0.25, -0.2) is 0 Å². The molecule has 2 aromatic carbocycles. The fraction of sp³-hybridized carbons (Fsp3) is 0.0556. The van der Waals surface area contributed by atoms with Crippen LogP contribution in [0.1, 0.15) is 10.6 Å². The highest BCUT2D eigenvalue weighted by Crippen LogP contribution is 2.28. The lowest BCUT2D eigenvalue weighted by molar-refractivity contribution is -0.384. The molecule has 6 nitrogen and oxygen atoms in total. The van der Waals surface area contributed by atoms with Crippen LogP contribution in [0.5, 0.6) is 0 Å². The van der Waals surface area contributed by atoms with E-state index in [0.29, 0.717) is 17.0 Å². The molecule has 3 rings (SSSR count). The molecule has 1 amide bonds. The average Bonchev–Trinajstić information content (AvgIpc) is 3.12. The molecule has 1 N–H and O–H groups in total. The minimum Gasteiger partial charge on any atom is -0.451 e. The molecule has 0 spiro atoms. The summed E-state index contributed by atoms with van der Waals surface area (Å²) in [5.41, 5.74) is 1.21. The number of thioether (sulfide) groups is 1. The number of nitrogens with one attached hydrogen (secondary N) is 1. The number of nitro benzene ring substituents is 1. The van der Waals surface area contributed by atoms with Crippen LogP contribution in [0, 0.1) is 10.1 Å². The molecule has 1 aromatic heterocycles. The van der Waals surface area contributed by atoms with Gasteiger partial charge in [0.05, 0.1) is 10.6 Å². The number of anilines is 1. The molecule has 0 saturated carbocycles. The zero-order valence-corrected chi connectivity index (χ0v) is 14.1. The molecular weight excluding hydrogens is 340 g/mol. The molecule has 0 aliphatic carbocycles. The van der Waals surface area contributed by atoms with Crippen LogP contribution in [0.25, 0.3) is 11.3 Å². The van der Waals surface area contributed by atoms with Gasteiger partial charge in [0.1, 0.15) is 5.76 Å². The van der Waals surface area contributed by atoms with Gasteiger partial charge in [0.25, 0.3) is 11.6 Å².